The molecule has 0 unspecified atom stereocenters. The fourth-order valence-electron chi connectivity index (χ4n) is 5.18. The Bertz CT molecular complexity index is 1390. The summed E-state index contributed by atoms with van der Waals surface area (Å²) in [6.45, 7) is 2.99. The summed E-state index contributed by atoms with van der Waals surface area (Å²) in [5.41, 5.74) is 5.87. The zero-order chi connectivity index (χ0) is 26.4. The Morgan fingerprint density at radius 2 is 1.00 bits per heavy atom. The van der Waals surface area contributed by atoms with Crippen LogP contribution in [0.1, 0.15) is 36.5 Å². The molecular formula is C35H33NO2. The average Bonchev–Trinajstić information content (AvgIpc) is 2.98. The zero-order valence-electron chi connectivity index (χ0n) is 21.6. The SMILES string of the molecule is CCCCNC(c1ccccc1)(c1ccc(O)c(-c2ccccc2)c1)c1ccc(O)c(-c2ccccc2)c1. The van der Waals surface area contributed by atoms with Gasteiger partial charge in [-0.05, 0) is 65.0 Å². The third kappa shape index (κ3) is 4.93. The Kier molecular flexibility index (Phi) is 7.57. The van der Waals surface area contributed by atoms with Gasteiger partial charge in [0, 0.05) is 11.1 Å². The minimum absolute atomic E-state index is 0.242. The number of benzene rings is 5. The summed E-state index contributed by atoms with van der Waals surface area (Å²) >= 11 is 0. The quantitative estimate of drug-likeness (QED) is 0.142. The molecule has 0 spiro atoms. The molecule has 0 atom stereocenters. The average molecular weight is 500 g/mol. The van der Waals surface area contributed by atoms with Gasteiger partial charge in [-0.2, -0.15) is 0 Å². The first kappa shape index (κ1) is 25.3. The topological polar surface area (TPSA) is 52.5 Å². The molecule has 3 N–H and O–H groups in total. The maximum Gasteiger partial charge on any atom is 0.123 e. The molecule has 5 rings (SSSR count). The predicted molar refractivity (Wildman–Crippen MR) is 156 cm³/mol. The highest BCUT2D eigenvalue weighted by atomic mass is 16.3. The Labute approximate surface area is 225 Å². The van der Waals surface area contributed by atoms with Crippen LogP contribution in [-0.4, -0.2) is 16.8 Å². The van der Waals surface area contributed by atoms with Crippen molar-refractivity contribution in [3.8, 4) is 33.8 Å². The molecule has 5 aromatic rings. The standard InChI is InChI=1S/C35H33NO2/c1-2-3-23-36-35(28-17-11-6-12-18-28,29-19-21-33(37)31(24-29)26-13-7-4-8-14-26)30-20-22-34(38)32(25-30)27-15-9-5-10-16-27/h4-22,24-25,36-38H,2-3,23H2,1H3. The molecule has 0 aliphatic carbocycles. The van der Waals surface area contributed by atoms with Gasteiger partial charge in [0.15, 0.2) is 0 Å². The fourth-order valence-corrected chi connectivity index (χ4v) is 5.18. The van der Waals surface area contributed by atoms with E-state index in [1.807, 2.05) is 78.9 Å². The summed E-state index contributed by atoms with van der Waals surface area (Å²) in [6.07, 6.45) is 2.08. The first-order valence-electron chi connectivity index (χ1n) is 13.2. The lowest BCUT2D eigenvalue weighted by Crippen LogP contribution is -2.45. The number of nitrogens with one attached hydrogen (secondary N) is 1. The van der Waals surface area contributed by atoms with Gasteiger partial charge < -0.3 is 10.2 Å². The van der Waals surface area contributed by atoms with Crippen molar-refractivity contribution in [2.75, 3.05) is 6.54 Å². The highest BCUT2D eigenvalue weighted by Crippen LogP contribution is 2.43. The number of phenols is 2. The number of unbranched alkanes of at least 4 members (excludes halogenated alkanes) is 1. The van der Waals surface area contributed by atoms with E-state index in [1.165, 1.54) is 0 Å². The van der Waals surface area contributed by atoms with E-state index < -0.39 is 5.54 Å². The molecule has 190 valence electrons. The number of hydrogen-bond acceptors (Lipinski definition) is 3. The van der Waals surface area contributed by atoms with E-state index in [4.69, 9.17) is 0 Å². The van der Waals surface area contributed by atoms with Gasteiger partial charge in [0.1, 0.15) is 11.5 Å². The van der Waals surface area contributed by atoms with E-state index in [-0.39, 0.29) is 11.5 Å². The van der Waals surface area contributed by atoms with Crippen molar-refractivity contribution in [1.82, 2.24) is 5.32 Å². The molecule has 0 bridgehead atoms. The van der Waals surface area contributed by atoms with Gasteiger partial charge in [-0.1, -0.05) is 116 Å². The molecular weight excluding hydrogens is 466 g/mol. The van der Waals surface area contributed by atoms with Gasteiger partial charge in [-0.25, -0.2) is 0 Å². The predicted octanol–water partition coefficient (Wildman–Crippen LogP) is 8.11. The monoisotopic (exact) mass is 499 g/mol. The third-order valence-electron chi connectivity index (χ3n) is 7.16. The maximum absolute atomic E-state index is 10.9. The van der Waals surface area contributed by atoms with E-state index in [2.05, 4.69) is 48.6 Å². The van der Waals surface area contributed by atoms with Crippen molar-refractivity contribution in [3.63, 3.8) is 0 Å². The van der Waals surface area contributed by atoms with E-state index >= 15 is 0 Å². The van der Waals surface area contributed by atoms with Crippen LogP contribution in [0.2, 0.25) is 0 Å². The van der Waals surface area contributed by atoms with Crippen LogP contribution in [-0.2, 0) is 5.54 Å². The molecule has 3 heteroatoms. The van der Waals surface area contributed by atoms with E-state index in [0.717, 1.165) is 58.3 Å². The first-order chi connectivity index (χ1) is 18.6. The Morgan fingerprint density at radius 3 is 1.45 bits per heavy atom. The first-order valence-corrected chi connectivity index (χ1v) is 13.2. The fraction of sp³-hybridized carbons (Fsp3) is 0.143. The second-order valence-electron chi connectivity index (χ2n) is 9.59. The summed E-state index contributed by atoms with van der Waals surface area (Å²) in [5.74, 6) is 0.484. The lowest BCUT2D eigenvalue weighted by atomic mass is 9.75. The lowest BCUT2D eigenvalue weighted by molar-refractivity contribution is 0.456. The number of aromatic hydroxyl groups is 2. The molecule has 0 aliphatic heterocycles. The molecule has 0 amide bonds. The van der Waals surface area contributed by atoms with E-state index in [1.54, 1.807) is 12.1 Å². The lowest BCUT2D eigenvalue weighted by Gasteiger charge is -2.38. The summed E-state index contributed by atoms with van der Waals surface area (Å²) in [5, 5.41) is 25.7. The third-order valence-corrected chi connectivity index (χ3v) is 7.16. The van der Waals surface area contributed by atoms with Crippen molar-refractivity contribution >= 4 is 0 Å². The van der Waals surface area contributed by atoms with Crippen LogP contribution in [0, 0.1) is 0 Å². The highest BCUT2D eigenvalue weighted by molar-refractivity contribution is 5.74. The van der Waals surface area contributed by atoms with Crippen LogP contribution in [0.4, 0.5) is 0 Å². The summed E-state index contributed by atoms with van der Waals surface area (Å²) < 4.78 is 0. The molecule has 0 radical (unpaired) electrons. The number of hydrogen-bond donors (Lipinski definition) is 3. The van der Waals surface area contributed by atoms with Gasteiger partial charge in [-0.3, -0.25) is 5.32 Å². The minimum atomic E-state index is -0.717. The normalized spacial score (nSPS) is 11.4. The van der Waals surface area contributed by atoms with Crippen LogP contribution >= 0.6 is 0 Å². The molecule has 0 saturated heterocycles. The molecule has 0 fully saturated rings. The molecule has 0 aromatic heterocycles. The molecule has 0 saturated carbocycles. The van der Waals surface area contributed by atoms with Crippen molar-refractivity contribution in [3.05, 3.63) is 144 Å². The number of rotatable bonds is 9. The van der Waals surface area contributed by atoms with Crippen LogP contribution < -0.4 is 5.32 Å². The van der Waals surface area contributed by atoms with Crippen LogP contribution in [0.3, 0.4) is 0 Å². The second-order valence-corrected chi connectivity index (χ2v) is 9.59. The summed E-state index contributed by atoms with van der Waals surface area (Å²) in [4.78, 5) is 0. The summed E-state index contributed by atoms with van der Waals surface area (Å²) in [7, 11) is 0. The Balaban J connectivity index is 1.79. The van der Waals surface area contributed by atoms with Crippen molar-refractivity contribution in [2.24, 2.45) is 0 Å². The molecule has 3 nitrogen and oxygen atoms in total. The van der Waals surface area contributed by atoms with Crippen LogP contribution in [0.5, 0.6) is 11.5 Å². The van der Waals surface area contributed by atoms with Gasteiger partial charge >= 0.3 is 0 Å². The summed E-state index contributed by atoms with van der Waals surface area (Å²) in [6, 6.07) is 42.1. The largest absolute Gasteiger partial charge is 0.507 e. The Morgan fingerprint density at radius 1 is 0.553 bits per heavy atom. The van der Waals surface area contributed by atoms with Crippen LogP contribution in [0.25, 0.3) is 22.3 Å². The molecule has 0 aliphatic rings. The number of phenolic OH excluding ortho intramolecular Hbond substituents is 2. The zero-order valence-corrected chi connectivity index (χ0v) is 21.6. The van der Waals surface area contributed by atoms with Crippen molar-refractivity contribution < 1.29 is 10.2 Å². The second kappa shape index (κ2) is 11.4. The highest BCUT2D eigenvalue weighted by Gasteiger charge is 2.37. The van der Waals surface area contributed by atoms with Gasteiger partial charge in [0.25, 0.3) is 0 Å². The minimum Gasteiger partial charge on any atom is -0.507 e. The van der Waals surface area contributed by atoms with Gasteiger partial charge in [-0.15, -0.1) is 0 Å². The van der Waals surface area contributed by atoms with Gasteiger partial charge in [0.2, 0.25) is 0 Å². The Hall–Kier alpha value is -4.34. The molecule has 5 aromatic carbocycles. The van der Waals surface area contributed by atoms with Gasteiger partial charge in [0.05, 0.1) is 5.54 Å². The van der Waals surface area contributed by atoms with E-state index in [9.17, 15) is 10.2 Å². The van der Waals surface area contributed by atoms with Crippen molar-refractivity contribution in [2.45, 2.75) is 25.3 Å². The smallest absolute Gasteiger partial charge is 0.123 e. The van der Waals surface area contributed by atoms with E-state index in [0.29, 0.717) is 0 Å². The van der Waals surface area contributed by atoms with Crippen molar-refractivity contribution in [1.29, 1.82) is 0 Å². The molecule has 0 heterocycles. The molecule has 38 heavy (non-hydrogen) atoms. The van der Waals surface area contributed by atoms with Crippen LogP contribution in [0.15, 0.2) is 127 Å². The maximum atomic E-state index is 10.9.